The van der Waals surface area contributed by atoms with Gasteiger partial charge in [0.25, 0.3) is 0 Å². The molecule has 0 radical (unpaired) electrons. The highest BCUT2D eigenvalue weighted by Crippen LogP contribution is 2.39. The van der Waals surface area contributed by atoms with Crippen LogP contribution in [0.2, 0.25) is 0 Å². The number of rotatable bonds is 2. The van der Waals surface area contributed by atoms with Gasteiger partial charge < -0.3 is 19.8 Å². The van der Waals surface area contributed by atoms with Crippen molar-refractivity contribution < 1.29 is 24.5 Å². The lowest BCUT2D eigenvalue weighted by Gasteiger charge is -2.46. The Morgan fingerprint density at radius 1 is 1.41 bits per heavy atom. The molecule has 2 aliphatic heterocycles. The van der Waals surface area contributed by atoms with Crippen LogP contribution in [-0.4, -0.2) is 70.6 Å². The number of piperazine rings is 1. The molecular formula is C10H16N2O5. The van der Waals surface area contributed by atoms with Crippen molar-refractivity contribution in [3.8, 4) is 0 Å². The summed E-state index contributed by atoms with van der Waals surface area (Å²) in [6.07, 6.45) is -0.641. The Balaban J connectivity index is 2.28. The van der Waals surface area contributed by atoms with Crippen LogP contribution in [0.5, 0.6) is 0 Å². The third kappa shape index (κ3) is 1.80. The molecule has 2 bridgehead atoms. The van der Waals surface area contributed by atoms with Crippen LogP contribution in [0.25, 0.3) is 0 Å². The summed E-state index contributed by atoms with van der Waals surface area (Å²) < 4.78 is 5.09. The quantitative estimate of drug-likeness (QED) is 0.738. The van der Waals surface area contributed by atoms with Gasteiger partial charge in [0, 0.05) is 20.2 Å². The third-order valence-electron chi connectivity index (χ3n) is 3.63. The number of hydrogen-bond donors (Lipinski definition) is 2. The van der Waals surface area contributed by atoms with Crippen LogP contribution in [0.3, 0.4) is 0 Å². The summed E-state index contributed by atoms with van der Waals surface area (Å²) in [7, 11) is 1.50. The van der Waals surface area contributed by atoms with Gasteiger partial charge in [0.2, 0.25) is 0 Å². The molecule has 0 aromatic heterocycles. The second kappa shape index (κ2) is 4.06. The molecule has 2 atom stereocenters. The normalized spacial score (nSPS) is 31.7. The minimum atomic E-state index is -0.998. The molecule has 7 nitrogen and oxygen atoms in total. The first-order valence-corrected chi connectivity index (χ1v) is 5.49. The van der Waals surface area contributed by atoms with E-state index >= 15 is 0 Å². The second-order valence-electron chi connectivity index (χ2n) is 4.67. The maximum Gasteiger partial charge on any atom is 0.408 e. The molecule has 2 N–H and O–H groups in total. The van der Waals surface area contributed by atoms with E-state index in [1.54, 1.807) is 0 Å². The Morgan fingerprint density at radius 3 is 2.65 bits per heavy atom. The number of nitrogens with zero attached hydrogens (tertiary/aromatic N) is 2. The van der Waals surface area contributed by atoms with E-state index in [1.165, 1.54) is 16.9 Å². The van der Waals surface area contributed by atoms with Crippen LogP contribution in [-0.2, 0) is 4.74 Å². The van der Waals surface area contributed by atoms with Gasteiger partial charge in [-0.2, -0.15) is 0 Å². The molecule has 0 unspecified atom stereocenters. The highest BCUT2D eigenvalue weighted by Gasteiger charge is 2.54. The van der Waals surface area contributed by atoms with Crippen molar-refractivity contribution in [1.29, 1.82) is 0 Å². The molecule has 2 heterocycles. The van der Waals surface area contributed by atoms with Gasteiger partial charge in [-0.3, -0.25) is 4.90 Å². The number of ether oxygens (including phenoxy) is 1. The van der Waals surface area contributed by atoms with Gasteiger partial charge in [-0.15, -0.1) is 0 Å². The largest absolute Gasteiger partial charge is 0.465 e. The lowest BCUT2D eigenvalue weighted by atomic mass is 9.96. The van der Waals surface area contributed by atoms with Gasteiger partial charge in [-0.25, -0.2) is 9.59 Å². The number of carboxylic acid groups (broad SMARTS) is 2. The third-order valence-corrected chi connectivity index (χ3v) is 3.63. The Hall–Kier alpha value is -1.50. The van der Waals surface area contributed by atoms with Gasteiger partial charge >= 0.3 is 12.2 Å². The molecule has 0 aromatic rings. The minimum absolute atomic E-state index is 0.193. The lowest BCUT2D eigenvalue weighted by Crippen LogP contribution is -2.65. The Bertz CT molecular complexity index is 344. The number of fused-ring (bicyclic) bond motifs is 2. The highest BCUT2D eigenvalue weighted by molar-refractivity contribution is 5.70. The fraction of sp³-hybridized carbons (Fsp3) is 0.800. The molecule has 0 aliphatic carbocycles. The van der Waals surface area contributed by atoms with E-state index < -0.39 is 17.7 Å². The van der Waals surface area contributed by atoms with E-state index in [-0.39, 0.29) is 25.7 Å². The van der Waals surface area contributed by atoms with E-state index in [2.05, 4.69) is 0 Å². The molecule has 2 amide bonds. The average Bonchev–Trinajstić information content (AvgIpc) is 2.47. The van der Waals surface area contributed by atoms with E-state index in [9.17, 15) is 14.7 Å². The first kappa shape index (κ1) is 12.0. The molecule has 2 aliphatic rings. The van der Waals surface area contributed by atoms with E-state index in [1.807, 2.05) is 0 Å². The molecule has 2 fully saturated rings. The molecule has 2 rings (SSSR count). The molecule has 2 saturated heterocycles. The maximum atomic E-state index is 11.3. The van der Waals surface area contributed by atoms with Crippen molar-refractivity contribution in [2.75, 3.05) is 26.8 Å². The van der Waals surface area contributed by atoms with Crippen LogP contribution in [0.1, 0.15) is 12.8 Å². The topological polar surface area (TPSA) is 90.3 Å². The summed E-state index contributed by atoms with van der Waals surface area (Å²) >= 11 is 0. The molecular weight excluding hydrogens is 228 g/mol. The van der Waals surface area contributed by atoms with E-state index in [4.69, 9.17) is 9.84 Å². The Morgan fingerprint density at radius 2 is 2.12 bits per heavy atom. The van der Waals surface area contributed by atoms with Gasteiger partial charge in [0.05, 0.1) is 18.2 Å². The van der Waals surface area contributed by atoms with Crippen molar-refractivity contribution in [2.45, 2.75) is 24.4 Å². The summed E-state index contributed by atoms with van der Waals surface area (Å²) in [5, 5.41) is 18.3. The first-order chi connectivity index (χ1) is 8.00. The van der Waals surface area contributed by atoms with E-state index in [0.717, 1.165) is 0 Å². The van der Waals surface area contributed by atoms with Crippen molar-refractivity contribution in [2.24, 2.45) is 0 Å². The average molecular weight is 244 g/mol. The summed E-state index contributed by atoms with van der Waals surface area (Å²) in [5.41, 5.74) is -0.706. The van der Waals surface area contributed by atoms with Crippen LogP contribution < -0.4 is 0 Å². The number of likely N-dealkylation sites (tertiary alicyclic amines) is 1. The number of methoxy groups -OCH3 is 1. The van der Waals surface area contributed by atoms with Crippen LogP contribution in [0.4, 0.5) is 9.59 Å². The van der Waals surface area contributed by atoms with Gasteiger partial charge in [-0.1, -0.05) is 0 Å². The van der Waals surface area contributed by atoms with Crippen LogP contribution >= 0.6 is 0 Å². The van der Waals surface area contributed by atoms with Crippen molar-refractivity contribution in [1.82, 2.24) is 9.80 Å². The number of amides is 2. The van der Waals surface area contributed by atoms with Crippen molar-refractivity contribution in [3.63, 3.8) is 0 Å². The predicted octanol–water partition coefficient (Wildman–Crippen LogP) is 0.508. The van der Waals surface area contributed by atoms with Gasteiger partial charge in [0.1, 0.15) is 0 Å². The van der Waals surface area contributed by atoms with Crippen LogP contribution in [0.15, 0.2) is 0 Å². The fourth-order valence-corrected chi connectivity index (χ4v) is 3.04. The Kier molecular flexibility index (Phi) is 2.86. The molecule has 96 valence electrons. The molecule has 0 saturated carbocycles. The Labute approximate surface area is 98.6 Å². The van der Waals surface area contributed by atoms with E-state index in [0.29, 0.717) is 12.8 Å². The second-order valence-corrected chi connectivity index (χ2v) is 4.67. The van der Waals surface area contributed by atoms with Gasteiger partial charge in [0.15, 0.2) is 0 Å². The maximum absolute atomic E-state index is 11.3. The lowest BCUT2D eigenvalue weighted by molar-refractivity contribution is -0.0245. The molecule has 7 heteroatoms. The highest BCUT2D eigenvalue weighted by atomic mass is 16.5. The standard InChI is InChI=1S/C10H16N2O5/c1-17-6-10-3-2-7(12(10)9(15)16)4-11(5-10)8(13)14/h7H,2-6H2,1H3,(H,13,14)(H,15,16)/t7-,10+/m0/s1. The molecule has 0 spiro atoms. The summed E-state index contributed by atoms with van der Waals surface area (Å²) in [6.45, 7) is 0.686. The summed E-state index contributed by atoms with van der Waals surface area (Å²) in [6, 6.07) is -0.243. The number of hydrogen-bond acceptors (Lipinski definition) is 3. The van der Waals surface area contributed by atoms with Crippen LogP contribution in [0, 0.1) is 0 Å². The van der Waals surface area contributed by atoms with Gasteiger partial charge in [-0.05, 0) is 12.8 Å². The zero-order valence-corrected chi connectivity index (χ0v) is 9.63. The monoisotopic (exact) mass is 244 g/mol. The summed E-state index contributed by atoms with van der Waals surface area (Å²) in [5.74, 6) is 0. The summed E-state index contributed by atoms with van der Waals surface area (Å²) in [4.78, 5) is 25.0. The molecule has 0 aromatic carbocycles. The fourth-order valence-electron chi connectivity index (χ4n) is 3.04. The number of carbonyl (C=O) groups is 2. The van der Waals surface area contributed by atoms with Crippen molar-refractivity contribution >= 4 is 12.2 Å². The first-order valence-electron chi connectivity index (χ1n) is 5.49. The zero-order chi connectivity index (χ0) is 12.6. The van der Waals surface area contributed by atoms with Crippen molar-refractivity contribution in [3.05, 3.63) is 0 Å². The minimum Gasteiger partial charge on any atom is -0.465 e. The zero-order valence-electron chi connectivity index (χ0n) is 9.63. The molecule has 17 heavy (non-hydrogen) atoms. The SMILES string of the molecule is COC[C@@]12CC[C@@H](CN(C(=O)O)C1)N2C(=O)O. The smallest absolute Gasteiger partial charge is 0.408 e. The predicted molar refractivity (Wildman–Crippen MR) is 57.1 cm³/mol.